The lowest BCUT2D eigenvalue weighted by atomic mass is 10.2. The summed E-state index contributed by atoms with van der Waals surface area (Å²) in [5.41, 5.74) is 6.17. The molecule has 1 aromatic rings. The standard InChI is InChI=1S/C13H18N4O3/c1-2-20-13(19)9-5-11(15-6-10(9)14)16-7-12(18)17-8-3-4-8/h5-6,8H,2-4,7,14H2,1H3,(H,15,16)(H,17,18). The fraction of sp³-hybridized carbons (Fsp3) is 0.462. The predicted molar refractivity (Wildman–Crippen MR) is 74.3 cm³/mol. The summed E-state index contributed by atoms with van der Waals surface area (Å²) in [5, 5.41) is 5.70. The fourth-order valence-electron chi connectivity index (χ4n) is 1.63. The van der Waals surface area contributed by atoms with Gasteiger partial charge < -0.3 is 21.1 Å². The minimum atomic E-state index is -0.502. The van der Waals surface area contributed by atoms with Crippen molar-refractivity contribution in [2.75, 3.05) is 24.2 Å². The Morgan fingerprint density at radius 1 is 1.50 bits per heavy atom. The lowest BCUT2D eigenvalue weighted by Crippen LogP contribution is -2.31. The molecule has 7 nitrogen and oxygen atoms in total. The lowest BCUT2D eigenvalue weighted by Gasteiger charge is -2.09. The van der Waals surface area contributed by atoms with Crippen LogP contribution in [0.25, 0.3) is 0 Å². The number of anilines is 2. The number of amides is 1. The number of rotatable bonds is 6. The summed E-state index contributed by atoms with van der Waals surface area (Å²) < 4.78 is 4.90. The van der Waals surface area contributed by atoms with Crippen molar-refractivity contribution in [3.05, 3.63) is 17.8 Å². The number of hydrogen-bond donors (Lipinski definition) is 3. The number of esters is 1. The van der Waals surface area contributed by atoms with Crippen LogP contribution in [0.15, 0.2) is 12.3 Å². The van der Waals surface area contributed by atoms with Gasteiger partial charge in [0.05, 0.1) is 30.6 Å². The molecule has 1 fully saturated rings. The number of nitrogen functional groups attached to an aromatic ring is 1. The zero-order valence-electron chi connectivity index (χ0n) is 11.3. The third kappa shape index (κ3) is 3.84. The summed E-state index contributed by atoms with van der Waals surface area (Å²) in [7, 11) is 0. The van der Waals surface area contributed by atoms with Crippen LogP contribution in [0.2, 0.25) is 0 Å². The number of nitrogens with one attached hydrogen (secondary N) is 2. The smallest absolute Gasteiger partial charge is 0.340 e. The summed E-state index contributed by atoms with van der Waals surface area (Å²) in [6.07, 6.45) is 3.45. The number of aromatic nitrogens is 1. The van der Waals surface area contributed by atoms with Gasteiger partial charge in [-0.15, -0.1) is 0 Å². The van der Waals surface area contributed by atoms with Crippen molar-refractivity contribution in [2.45, 2.75) is 25.8 Å². The SMILES string of the molecule is CCOC(=O)c1cc(NCC(=O)NC2CC2)ncc1N. The Kier molecular flexibility index (Phi) is 4.39. The van der Waals surface area contributed by atoms with Gasteiger partial charge in [-0.1, -0.05) is 0 Å². The predicted octanol–water partition coefficient (Wildman–Crippen LogP) is 0.531. The Morgan fingerprint density at radius 2 is 2.25 bits per heavy atom. The van der Waals surface area contributed by atoms with Crippen molar-refractivity contribution >= 4 is 23.4 Å². The molecule has 1 saturated carbocycles. The van der Waals surface area contributed by atoms with Gasteiger partial charge in [0.25, 0.3) is 0 Å². The van der Waals surface area contributed by atoms with Crippen LogP contribution in [-0.2, 0) is 9.53 Å². The molecule has 0 aliphatic heterocycles. The van der Waals surface area contributed by atoms with Crippen LogP contribution in [0, 0.1) is 0 Å². The van der Waals surface area contributed by atoms with Gasteiger partial charge in [0.2, 0.25) is 5.91 Å². The molecule has 1 aliphatic rings. The van der Waals surface area contributed by atoms with Crippen LogP contribution in [0.4, 0.5) is 11.5 Å². The van der Waals surface area contributed by atoms with Gasteiger partial charge in [0.1, 0.15) is 5.82 Å². The van der Waals surface area contributed by atoms with Crippen LogP contribution < -0.4 is 16.4 Å². The first-order valence-electron chi connectivity index (χ1n) is 6.56. The Morgan fingerprint density at radius 3 is 2.90 bits per heavy atom. The Bertz CT molecular complexity index is 514. The first-order chi connectivity index (χ1) is 9.60. The van der Waals surface area contributed by atoms with E-state index < -0.39 is 5.97 Å². The topological polar surface area (TPSA) is 106 Å². The van der Waals surface area contributed by atoms with Gasteiger partial charge in [0.15, 0.2) is 0 Å². The van der Waals surface area contributed by atoms with Gasteiger partial charge in [-0.25, -0.2) is 9.78 Å². The second-order valence-corrected chi connectivity index (χ2v) is 4.57. The second-order valence-electron chi connectivity index (χ2n) is 4.57. The zero-order valence-corrected chi connectivity index (χ0v) is 11.3. The number of pyridine rings is 1. The minimum absolute atomic E-state index is 0.0937. The van der Waals surface area contributed by atoms with E-state index in [0.717, 1.165) is 12.8 Å². The van der Waals surface area contributed by atoms with E-state index in [2.05, 4.69) is 15.6 Å². The molecule has 1 aromatic heterocycles. The maximum absolute atomic E-state index is 11.7. The molecular weight excluding hydrogens is 260 g/mol. The highest BCUT2D eigenvalue weighted by Crippen LogP contribution is 2.18. The Labute approximate surface area is 116 Å². The molecule has 0 atom stereocenters. The van der Waals surface area contributed by atoms with E-state index in [0.29, 0.717) is 11.9 Å². The monoisotopic (exact) mass is 278 g/mol. The van der Waals surface area contributed by atoms with E-state index in [9.17, 15) is 9.59 Å². The molecule has 2 rings (SSSR count). The van der Waals surface area contributed by atoms with E-state index in [1.165, 1.54) is 12.3 Å². The lowest BCUT2D eigenvalue weighted by molar-refractivity contribution is -0.119. The highest BCUT2D eigenvalue weighted by atomic mass is 16.5. The highest BCUT2D eigenvalue weighted by Gasteiger charge is 2.23. The summed E-state index contributed by atoms with van der Waals surface area (Å²) in [6.45, 7) is 2.10. The number of carbonyl (C=O) groups is 2. The number of nitrogens with zero attached hydrogens (tertiary/aromatic N) is 1. The highest BCUT2D eigenvalue weighted by molar-refractivity contribution is 5.95. The summed E-state index contributed by atoms with van der Waals surface area (Å²) in [6, 6.07) is 1.80. The van der Waals surface area contributed by atoms with Gasteiger partial charge in [-0.2, -0.15) is 0 Å². The number of carbonyl (C=O) groups excluding carboxylic acids is 2. The molecule has 0 aromatic carbocycles. The molecule has 0 bridgehead atoms. The molecule has 0 spiro atoms. The first kappa shape index (κ1) is 14.1. The maximum Gasteiger partial charge on any atom is 0.340 e. The third-order valence-corrected chi connectivity index (χ3v) is 2.80. The third-order valence-electron chi connectivity index (χ3n) is 2.80. The van der Waals surface area contributed by atoms with Crippen molar-refractivity contribution in [1.82, 2.24) is 10.3 Å². The van der Waals surface area contributed by atoms with Crippen LogP contribution in [-0.4, -0.2) is 36.1 Å². The molecule has 0 saturated heterocycles. The number of nitrogens with two attached hydrogens (primary N) is 1. The maximum atomic E-state index is 11.7. The van der Waals surface area contributed by atoms with Crippen LogP contribution >= 0.6 is 0 Å². The van der Waals surface area contributed by atoms with Crippen LogP contribution in [0.5, 0.6) is 0 Å². The average Bonchev–Trinajstić information content (AvgIpc) is 3.22. The molecule has 7 heteroatoms. The van der Waals surface area contributed by atoms with Crippen molar-refractivity contribution in [3.63, 3.8) is 0 Å². The van der Waals surface area contributed by atoms with Crippen molar-refractivity contribution in [1.29, 1.82) is 0 Å². The quantitative estimate of drug-likeness (QED) is 0.655. The zero-order chi connectivity index (χ0) is 14.5. The van der Waals surface area contributed by atoms with E-state index in [1.54, 1.807) is 6.92 Å². The number of ether oxygens (including phenoxy) is 1. The Hall–Kier alpha value is -2.31. The van der Waals surface area contributed by atoms with Crippen LogP contribution in [0.3, 0.4) is 0 Å². The normalized spacial score (nSPS) is 13.7. The van der Waals surface area contributed by atoms with E-state index in [1.807, 2.05) is 0 Å². The van der Waals surface area contributed by atoms with Crippen molar-refractivity contribution < 1.29 is 14.3 Å². The second kappa shape index (κ2) is 6.23. The molecule has 4 N–H and O–H groups in total. The summed E-state index contributed by atoms with van der Waals surface area (Å²) >= 11 is 0. The van der Waals surface area contributed by atoms with Crippen molar-refractivity contribution in [2.24, 2.45) is 0 Å². The van der Waals surface area contributed by atoms with E-state index in [4.69, 9.17) is 10.5 Å². The fourth-order valence-corrected chi connectivity index (χ4v) is 1.63. The van der Waals surface area contributed by atoms with E-state index in [-0.39, 0.29) is 30.3 Å². The van der Waals surface area contributed by atoms with Crippen molar-refractivity contribution in [3.8, 4) is 0 Å². The molecule has 20 heavy (non-hydrogen) atoms. The molecule has 1 amide bonds. The van der Waals surface area contributed by atoms with Gasteiger partial charge >= 0.3 is 5.97 Å². The van der Waals surface area contributed by atoms with Gasteiger partial charge in [0, 0.05) is 6.04 Å². The molecule has 1 heterocycles. The average molecular weight is 278 g/mol. The molecule has 1 aliphatic carbocycles. The Balaban J connectivity index is 1.95. The summed E-state index contributed by atoms with van der Waals surface area (Å²) in [4.78, 5) is 27.2. The minimum Gasteiger partial charge on any atom is -0.462 e. The molecule has 0 radical (unpaired) electrons. The summed E-state index contributed by atoms with van der Waals surface area (Å²) in [5.74, 6) is -0.185. The first-order valence-corrected chi connectivity index (χ1v) is 6.56. The van der Waals surface area contributed by atoms with Gasteiger partial charge in [-0.05, 0) is 25.8 Å². The number of hydrogen-bond acceptors (Lipinski definition) is 6. The molecule has 0 unspecified atom stereocenters. The van der Waals surface area contributed by atoms with Crippen LogP contribution in [0.1, 0.15) is 30.1 Å². The van der Waals surface area contributed by atoms with Gasteiger partial charge in [-0.3, -0.25) is 4.79 Å². The molecular formula is C13H18N4O3. The largest absolute Gasteiger partial charge is 0.462 e. The van der Waals surface area contributed by atoms with E-state index >= 15 is 0 Å². The molecule has 108 valence electrons.